The number of benzene rings is 2. The van der Waals surface area contributed by atoms with E-state index in [1.807, 2.05) is 30.3 Å². The summed E-state index contributed by atoms with van der Waals surface area (Å²) in [4.78, 5) is 35.6. The Labute approximate surface area is 157 Å². The maximum atomic E-state index is 12.1. The van der Waals surface area contributed by atoms with Crippen LogP contribution in [0.1, 0.15) is 29.3 Å². The van der Waals surface area contributed by atoms with Crippen LogP contribution in [0.2, 0.25) is 0 Å². The predicted octanol–water partition coefficient (Wildman–Crippen LogP) is 3.12. The van der Waals surface area contributed by atoms with Crippen molar-refractivity contribution in [1.29, 1.82) is 0 Å². The first kappa shape index (κ1) is 20.0. The fourth-order valence-electron chi connectivity index (χ4n) is 2.24. The van der Waals surface area contributed by atoms with E-state index in [2.05, 4.69) is 10.6 Å². The van der Waals surface area contributed by atoms with Crippen LogP contribution in [0.15, 0.2) is 54.6 Å². The molecule has 0 aromatic heterocycles. The van der Waals surface area contributed by atoms with Gasteiger partial charge in [-0.25, -0.2) is 9.59 Å². The normalized spacial score (nSPS) is 9.96. The second-order valence-corrected chi connectivity index (χ2v) is 5.55. The Morgan fingerprint density at radius 2 is 1.63 bits per heavy atom. The third-order valence-corrected chi connectivity index (χ3v) is 3.53. The van der Waals surface area contributed by atoms with E-state index in [0.29, 0.717) is 5.69 Å². The predicted molar refractivity (Wildman–Crippen MR) is 100 cm³/mol. The van der Waals surface area contributed by atoms with E-state index in [1.54, 1.807) is 31.2 Å². The van der Waals surface area contributed by atoms with Crippen molar-refractivity contribution in [3.8, 4) is 0 Å². The molecular formula is C20H22N2O5. The van der Waals surface area contributed by atoms with E-state index in [1.165, 1.54) is 0 Å². The van der Waals surface area contributed by atoms with Crippen LogP contribution < -0.4 is 10.6 Å². The summed E-state index contributed by atoms with van der Waals surface area (Å²) in [5.41, 5.74) is 1.52. The first-order chi connectivity index (χ1) is 13.1. The Bertz CT molecular complexity index is 777. The van der Waals surface area contributed by atoms with Gasteiger partial charge in [0, 0.05) is 13.0 Å². The quantitative estimate of drug-likeness (QED) is 0.697. The molecule has 0 spiro atoms. The van der Waals surface area contributed by atoms with E-state index in [-0.39, 0.29) is 37.6 Å². The molecule has 142 valence electrons. The number of esters is 1. The maximum Gasteiger partial charge on any atom is 0.407 e. The highest BCUT2D eigenvalue weighted by Crippen LogP contribution is 2.16. The Morgan fingerprint density at radius 1 is 0.926 bits per heavy atom. The van der Waals surface area contributed by atoms with Gasteiger partial charge in [-0.1, -0.05) is 42.5 Å². The highest BCUT2D eigenvalue weighted by atomic mass is 16.5. The van der Waals surface area contributed by atoms with Gasteiger partial charge in [-0.2, -0.15) is 0 Å². The second kappa shape index (κ2) is 10.6. The summed E-state index contributed by atoms with van der Waals surface area (Å²) in [6.07, 6.45) is -0.559. The molecule has 0 aliphatic carbocycles. The lowest BCUT2D eigenvalue weighted by molar-refractivity contribution is -0.116. The number of hydrogen-bond acceptors (Lipinski definition) is 5. The molecule has 0 unspecified atom stereocenters. The van der Waals surface area contributed by atoms with Crippen molar-refractivity contribution < 1.29 is 23.9 Å². The van der Waals surface area contributed by atoms with Gasteiger partial charge in [0.05, 0.1) is 17.9 Å². The van der Waals surface area contributed by atoms with Crippen molar-refractivity contribution in [2.24, 2.45) is 0 Å². The lowest BCUT2D eigenvalue weighted by Gasteiger charge is -2.11. The van der Waals surface area contributed by atoms with E-state index >= 15 is 0 Å². The van der Waals surface area contributed by atoms with Gasteiger partial charge in [-0.3, -0.25) is 4.79 Å². The molecule has 0 fully saturated rings. The minimum absolute atomic E-state index is 0.0393. The Kier molecular flexibility index (Phi) is 7.84. The smallest absolute Gasteiger partial charge is 0.407 e. The number of alkyl carbamates (subject to hydrolysis) is 1. The molecular weight excluding hydrogens is 348 g/mol. The third kappa shape index (κ3) is 6.81. The van der Waals surface area contributed by atoms with Crippen molar-refractivity contribution in [1.82, 2.24) is 5.32 Å². The molecule has 27 heavy (non-hydrogen) atoms. The van der Waals surface area contributed by atoms with Crippen LogP contribution in [0.25, 0.3) is 0 Å². The highest BCUT2D eigenvalue weighted by Gasteiger charge is 2.14. The zero-order chi connectivity index (χ0) is 19.5. The zero-order valence-corrected chi connectivity index (χ0v) is 15.1. The van der Waals surface area contributed by atoms with Crippen molar-refractivity contribution in [2.75, 3.05) is 18.5 Å². The van der Waals surface area contributed by atoms with E-state index < -0.39 is 12.1 Å². The number of para-hydroxylation sites is 1. The van der Waals surface area contributed by atoms with E-state index in [0.717, 1.165) is 5.56 Å². The van der Waals surface area contributed by atoms with Crippen LogP contribution in [-0.2, 0) is 20.9 Å². The SMILES string of the molecule is CCOC(=O)c1ccccc1NC(=O)CCNC(=O)OCc1ccccc1. The molecule has 7 heteroatoms. The monoisotopic (exact) mass is 370 g/mol. The van der Waals surface area contributed by atoms with Gasteiger partial charge in [0.2, 0.25) is 5.91 Å². The molecule has 0 aliphatic heterocycles. The summed E-state index contributed by atoms with van der Waals surface area (Å²) < 4.78 is 10.0. The van der Waals surface area contributed by atoms with Crippen molar-refractivity contribution in [3.05, 3.63) is 65.7 Å². The fraction of sp³-hybridized carbons (Fsp3) is 0.250. The Hall–Kier alpha value is -3.35. The fourth-order valence-corrected chi connectivity index (χ4v) is 2.24. The summed E-state index contributed by atoms with van der Waals surface area (Å²) in [5, 5.41) is 5.16. The summed E-state index contributed by atoms with van der Waals surface area (Å²) in [5.74, 6) is -0.842. The summed E-state index contributed by atoms with van der Waals surface area (Å²) in [7, 11) is 0. The van der Waals surface area contributed by atoms with Gasteiger partial charge in [0.25, 0.3) is 0 Å². The number of anilines is 1. The molecule has 0 saturated heterocycles. The zero-order valence-electron chi connectivity index (χ0n) is 15.1. The lowest BCUT2D eigenvalue weighted by atomic mass is 10.1. The number of nitrogens with one attached hydrogen (secondary N) is 2. The minimum atomic E-state index is -0.599. The number of carbonyl (C=O) groups excluding carboxylic acids is 3. The summed E-state index contributed by atoms with van der Waals surface area (Å²) in [6, 6.07) is 15.9. The molecule has 0 saturated carbocycles. The minimum Gasteiger partial charge on any atom is -0.462 e. The van der Waals surface area contributed by atoms with Crippen LogP contribution >= 0.6 is 0 Å². The average Bonchev–Trinajstić information content (AvgIpc) is 2.68. The molecule has 0 heterocycles. The van der Waals surface area contributed by atoms with Gasteiger partial charge >= 0.3 is 12.1 Å². The number of carbonyl (C=O) groups is 3. The number of amides is 2. The van der Waals surface area contributed by atoms with Crippen LogP contribution in [0.3, 0.4) is 0 Å². The highest BCUT2D eigenvalue weighted by molar-refractivity contribution is 6.01. The van der Waals surface area contributed by atoms with Crippen LogP contribution in [0.4, 0.5) is 10.5 Å². The Balaban J connectivity index is 1.75. The molecule has 2 rings (SSSR count). The van der Waals surface area contributed by atoms with Gasteiger partial charge in [0.15, 0.2) is 0 Å². The molecule has 0 atom stereocenters. The second-order valence-electron chi connectivity index (χ2n) is 5.55. The van der Waals surface area contributed by atoms with E-state index in [4.69, 9.17) is 9.47 Å². The Morgan fingerprint density at radius 3 is 2.37 bits per heavy atom. The standard InChI is InChI=1S/C20H22N2O5/c1-2-26-19(24)16-10-6-7-11-17(16)22-18(23)12-13-21-20(25)27-14-15-8-4-3-5-9-15/h3-11H,2,12-14H2,1H3,(H,21,25)(H,22,23). The van der Waals surface area contributed by atoms with Gasteiger partial charge in [0.1, 0.15) is 6.61 Å². The number of rotatable bonds is 8. The van der Waals surface area contributed by atoms with Gasteiger partial charge in [-0.05, 0) is 24.6 Å². The lowest BCUT2D eigenvalue weighted by Crippen LogP contribution is -2.28. The molecule has 0 aliphatic rings. The van der Waals surface area contributed by atoms with E-state index in [9.17, 15) is 14.4 Å². The molecule has 2 aromatic rings. The van der Waals surface area contributed by atoms with Crippen LogP contribution in [0.5, 0.6) is 0 Å². The summed E-state index contributed by atoms with van der Waals surface area (Å²) in [6.45, 7) is 2.23. The topological polar surface area (TPSA) is 93.7 Å². The third-order valence-electron chi connectivity index (χ3n) is 3.53. The molecule has 0 radical (unpaired) electrons. The average molecular weight is 370 g/mol. The van der Waals surface area contributed by atoms with Crippen LogP contribution in [0, 0.1) is 0 Å². The van der Waals surface area contributed by atoms with Gasteiger partial charge in [-0.15, -0.1) is 0 Å². The first-order valence-corrected chi connectivity index (χ1v) is 8.60. The molecule has 2 amide bonds. The molecule has 2 aromatic carbocycles. The maximum absolute atomic E-state index is 12.1. The van der Waals surface area contributed by atoms with Gasteiger partial charge < -0.3 is 20.1 Å². The number of ether oxygens (including phenoxy) is 2. The number of hydrogen-bond donors (Lipinski definition) is 2. The van der Waals surface area contributed by atoms with Crippen molar-refractivity contribution >= 4 is 23.7 Å². The van der Waals surface area contributed by atoms with Crippen molar-refractivity contribution in [2.45, 2.75) is 20.0 Å². The summed E-state index contributed by atoms with van der Waals surface area (Å²) >= 11 is 0. The largest absolute Gasteiger partial charge is 0.462 e. The van der Waals surface area contributed by atoms with Crippen molar-refractivity contribution in [3.63, 3.8) is 0 Å². The first-order valence-electron chi connectivity index (χ1n) is 8.60. The van der Waals surface area contributed by atoms with Crippen LogP contribution in [-0.4, -0.2) is 31.1 Å². The molecule has 7 nitrogen and oxygen atoms in total. The molecule has 0 bridgehead atoms. The molecule has 2 N–H and O–H groups in total.